The van der Waals surface area contributed by atoms with E-state index in [9.17, 15) is 8.42 Å². The molecule has 7 heteroatoms. The summed E-state index contributed by atoms with van der Waals surface area (Å²) in [5.74, 6) is 0. The standard InChI is InChI=1S/C11H21NO4S.ClH/c1-12-6-4-11(5-7-12)9-10(3-8-15-11)16-17(2,13)14;/h10H,3-9H2,1-2H3;1H. The summed E-state index contributed by atoms with van der Waals surface area (Å²) in [5.41, 5.74) is -0.153. The molecule has 2 rings (SSSR count). The van der Waals surface area contributed by atoms with E-state index in [4.69, 9.17) is 8.92 Å². The number of halogens is 1. The molecule has 0 aromatic heterocycles. The molecule has 0 N–H and O–H groups in total. The van der Waals surface area contributed by atoms with Gasteiger partial charge in [-0.15, -0.1) is 12.4 Å². The smallest absolute Gasteiger partial charge is 0.264 e. The van der Waals surface area contributed by atoms with Crippen molar-refractivity contribution in [1.82, 2.24) is 4.90 Å². The summed E-state index contributed by atoms with van der Waals surface area (Å²) in [6, 6.07) is 0. The van der Waals surface area contributed by atoms with E-state index in [1.54, 1.807) is 0 Å². The molecule has 0 saturated carbocycles. The fourth-order valence-corrected chi connectivity index (χ4v) is 3.35. The van der Waals surface area contributed by atoms with Gasteiger partial charge in [0.1, 0.15) is 0 Å². The molecular formula is C11H22ClNO4S. The molecule has 2 saturated heterocycles. The highest BCUT2D eigenvalue weighted by Gasteiger charge is 2.40. The molecule has 0 amide bonds. The van der Waals surface area contributed by atoms with Crippen LogP contribution < -0.4 is 0 Å². The molecule has 0 radical (unpaired) electrons. The summed E-state index contributed by atoms with van der Waals surface area (Å²) in [7, 11) is -1.26. The molecule has 2 fully saturated rings. The Kier molecular flexibility index (Phi) is 5.44. The fourth-order valence-electron chi connectivity index (χ4n) is 2.69. The maximum Gasteiger partial charge on any atom is 0.264 e. The van der Waals surface area contributed by atoms with E-state index in [-0.39, 0.29) is 24.1 Å². The second kappa shape index (κ2) is 6.05. The number of nitrogens with zero attached hydrogens (tertiary/aromatic N) is 1. The number of hydrogen-bond acceptors (Lipinski definition) is 5. The quantitative estimate of drug-likeness (QED) is 0.713. The Morgan fingerprint density at radius 2 is 1.94 bits per heavy atom. The van der Waals surface area contributed by atoms with Crippen LogP contribution in [0.25, 0.3) is 0 Å². The van der Waals surface area contributed by atoms with Crippen LogP contribution in [0.4, 0.5) is 0 Å². The van der Waals surface area contributed by atoms with Gasteiger partial charge >= 0.3 is 0 Å². The molecule has 2 heterocycles. The largest absolute Gasteiger partial charge is 0.375 e. The molecule has 1 spiro atoms. The van der Waals surface area contributed by atoms with E-state index in [1.165, 1.54) is 0 Å². The van der Waals surface area contributed by atoms with Crippen LogP contribution in [0.5, 0.6) is 0 Å². The van der Waals surface area contributed by atoms with Crippen LogP contribution in [0.3, 0.4) is 0 Å². The van der Waals surface area contributed by atoms with Gasteiger partial charge < -0.3 is 9.64 Å². The van der Waals surface area contributed by atoms with Gasteiger partial charge in [-0.2, -0.15) is 8.42 Å². The van der Waals surface area contributed by atoms with Crippen molar-refractivity contribution < 1.29 is 17.3 Å². The molecule has 2 aliphatic rings. The molecule has 0 aromatic rings. The van der Waals surface area contributed by atoms with Gasteiger partial charge in [0.2, 0.25) is 0 Å². The predicted molar refractivity (Wildman–Crippen MR) is 71.6 cm³/mol. The van der Waals surface area contributed by atoms with E-state index in [0.29, 0.717) is 19.4 Å². The first kappa shape index (κ1) is 16.2. The lowest BCUT2D eigenvalue weighted by molar-refractivity contribution is -0.135. The lowest BCUT2D eigenvalue weighted by atomic mass is 9.83. The fraction of sp³-hybridized carbons (Fsp3) is 1.00. The number of hydrogen-bond donors (Lipinski definition) is 0. The minimum absolute atomic E-state index is 0. The lowest BCUT2D eigenvalue weighted by Gasteiger charge is -2.45. The van der Waals surface area contributed by atoms with Gasteiger partial charge in [0.05, 0.1) is 18.0 Å². The number of rotatable bonds is 2. The van der Waals surface area contributed by atoms with Gasteiger partial charge in [0.25, 0.3) is 10.1 Å². The lowest BCUT2D eigenvalue weighted by Crippen LogP contribution is -2.50. The van der Waals surface area contributed by atoms with Gasteiger partial charge in [-0.3, -0.25) is 4.18 Å². The second-order valence-corrected chi connectivity index (χ2v) is 6.85. The van der Waals surface area contributed by atoms with Crippen molar-refractivity contribution in [2.45, 2.75) is 37.4 Å². The molecule has 0 aliphatic carbocycles. The van der Waals surface area contributed by atoms with Crippen molar-refractivity contribution in [3.8, 4) is 0 Å². The van der Waals surface area contributed by atoms with E-state index >= 15 is 0 Å². The number of likely N-dealkylation sites (tertiary alicyclic amines) is 1. The number of piperidine rings is 1. The van der Waals surface area contributed by atoms with E-state index in [0.717, 1.165) is 32.2 Å². The van der Waals surface area contributed by atoms with Crippen molar-refractivity contribution in [3.05, 3.63) is 0 Å². The zero-order valence-electron chi connectivity index (χ0n) is 10.9. The Morgan fingerprint density at radius 3 is 2.50 bits per heavy atom. The van der Waals surface area contributed by atoms with Crippen LogP contribution in [0.2, 0.25) is 0 Å². The SMILES string of the molecule is CN1CCC2(CC1)CC(OS(C)(=O)=O)CCO2.Cl. The summed E-state index contributed by atoms with van der Waals surface area (Å²) < 4.78 is 33.3. The summed E-state index contributed by atoms with van der Waals surface area (Å²) in [6.45, 7) is 2.61. The molecule has 5 nitrogen and oxygen atoms in total. The second-order valence-electron chi connectivity index (χ2n) is 5.25. The van der Waals surface area contributed by atoms with Gasteiger partial charge in [0.15, 0.2) is 0 Å². The van der Waals surface area contributed by atoms with Crippen LogP contribution in [0.1, 0.15) is 25.7 Å². The van der Waals surface area contributed by atoms with E-state index in [2.05, 4.69) is 11.9 Å². The Bertz CT molecular complexity index is 365. The third-order valence-electron chi connectivity index (χ3n) is 3.66. The van der Waals surface area contributed by atoms with E-state index in [1.807, 2.05) is 0 Å². The zero-order valence-corrected chi connectivity index (χ0v) is 12.6. The van der Waals surface area contributed by atoms with Crippen LogP contribution >= 0.6 is 12.4 Å². The first-order valence-corrected chi connectivity index (χ1v) is 7.91. The van der Waals surface area contributed by atoms with Gasteiger partial charge in [-0.25, -0.2) is 0 Å². The molecule has 0 bridgehead atoms. The Hall–Kier alpha value is 0.120. The highest BCUT2D eigenvalue weighted by atomic mass is 35.5. The Balaban J connectivity index is 0.00000162. The summed E-state index contributed by atoms with van der Waals surface area (Å²) in [6.07, 6.45) is 4.21. The van der Waals surface area contributed by atoms with E-state index < -0.39 is 10.1 Å². The topological polar surface area (TPSA) is 55.8 Å². The minimum atomic E-state index is -3.36. The maximum atomic E-state index is 11.2. The van der Waals surface area contributed by atoms with Crippen LogP contribution in [-0.4, -0.2) is 58.0 Å². The van der Waals surface area contributed by atoms with Crippen LogP contribution in [-0.2, 0) is 19.0 Å². The molecular weight excluding hydrogens is 278 g/mol. The molecule has 0 aromatic carbocycles. The first-order valence-electron chi connectivity index (χ1n) is 6.09. The number of ether oxygens (including phenoxy) is 1. The van der Waals surface area contributed by atoms with Crippen molar-refractivity contribution in [2.75, 3.05) is 33.0 Å². The van der Waals surface area contributed by atoms with Gasteiger partial charge in [0, 0.05) is 26.1 Å². The summed E-state index contributed by atoms with van der Waals surface area (Å²) >= 11 is 0. The minimum Gasteiger partial charge on any atom is -0.375 e. The normalized spacial score (nSPS) is 28.9. The first-order chi connectivity index (χ1) is 7.89. The van der Waals surface area contributed by atoms with Crippen molar-refractivity contribution in [3.63, 3.8) is 0 Å². The average molecular weight is 300 g/mol. The van der Waals surface area contributed by atoms with Crippen molar-refractivity contribution in [2.24, 2.45) is 0 Å². The van der Waals surface area contributed by atoms with Crippen molar-refractivity contribution >= 4 is 22.5 Å². The summed E-state index contributed by atoms with van der Waals surface area (Å²) in [4.78, 5) is 2.27. The third-order valence-corrected chi connectivity index (χ3v) is 4.28. The van der Waals surface area contributed by atoms with Gasteiger partial charge in [-0.05, 0) is 26.3 Å². The predicted octanol–water partition coefficient (Wildman–Crippen LogP) is 1.03. The highest BCUT2D eigenvalue weighted by molar-refractivity contribution is 7.86. The zero-order chi connectivity index (χ0) is 12.5. The molecule has 2 aliphatic heterocycles. The maximum absolute atomic E-state index is 11.2. The van der Waals surface area contributed by atoms with Crippen molar-refractivity contribution in [1.29, 1.82) is 0 Å². The molecule has 1 atom stereocenters. The highest BCUT2D eigenvalue weighted by Crippen LogP contribution is 2.36. The van der Waals surface area contributed by atoms with Crippen LogP contribution in [0.15, 0.2) is 0 Å². The Labute approximate surface area is 115 Å². The van der Waals surface area contributed by atoms with Gasteiger partial charge in [-0.1, -0.05) is 0 Å². The molecule has 1 unspecified atom stereocenters. The monoisotopic (exact) mass is 299 g/mol. The average Bonchev–Trinajstić information content (AvgIpc) is 2.21. The van der Waals surface area contributed by atoms with Crippen LogP contribution in [0, 0.1) is 0 Å². The summed E-state index contributed by atoms with van der Waals surface area (Å²) in [5, 5.41) is 0. The Morgan fingerprint density at radius 1 is 1.33 bits per heavy atom. The molecule has 108 valence electrons. The third kappa shape index (κ3) is 4.35. The molecule has 18 heavy (non-hydrogen) atoms.